The van der Waals surface area contributed by atoms with E-state index >= 15 is 0 Å². The first kappa shape index (κ1) is 14.6. The van der Waals surface area contributed by atoms with E-state index in [-0.39, 0.29) is 24.2 Å². The number of benzene rings is 1. The van der Waals surface area contributed by atoms with E-state index in [1.165, 1.54) is 0 Å². The highest BCUT2D eigenvalue weighted by Gasteiger charge is 2.36. The van der Waals surface area contributed by atoms with Crippen molar-refractivity contribution in [2.45, 2.75) is 18.9 Å². The lowest BCUT2D eigenvalue weighted by Gasteiger charge is -2.42. The van der Waals surface area contributed by atoms with E-state index in [0.29, 0.717) is 42.6 Å². The number of fused-ring (bicyclic) bond motifs is 5. The molecular formula is C19H18N2O4. The Balaban J connectivity index is 1.43. The molecule has 5 rings (SSSR count). The third kappa shape index (κ3) is 2.32. The molecule has 0 N–H and O–H groups in total. The van der Waals surface area contributed by atoms with E-state index in [1.54, 1.807) is 24.3 Å². The summed E-state index contributed by atoms with van der Waals surface area (Å²) >= 11 is 0. The van der Waals surface area contributed by atoms with Gasteiger partial charge >= 0.3 is 0 Å². The maximum atomic E-state index is 13.0. The average Bonchev–Trinajstić information content (AvgIpc) is 3.09. The molecular weight excluding hydrogens is 320 g/mol. The molecule has 128 valence electrons. The first-order chi connectivity index (χ1) is 12.2. The maximum Gasteiger partial charge on any atom is 0.254 e. The topological polar surface area (TPSA) is 60.8 Å². The lowest BCUT2D eigenvalue weighted by molar-refractivity contribution is 0.0594. The van der Waals surface area contributed by atoms with Crippen LogP contribution >= 0.6 is 0 Å². The zero-order valence-corrected chi connectivity index (χ0v) is 13.7. The van der Waals surface area contributed by atoms with Crippen LogP contribution < -0.4 is 15.0 Å². The first-order valence-electron chi connectivity index (χ1n) is 8.58. The van der Waals surface area contributed by atoms with Gasteiger partial charge in [0.1, 0.15) is 0 Å². The van der Waals surface area contributed by atoms with Crippen molar-refractivity contribution in [2.24, 2.45) is 5.92 Å². The molecule has 4 heterocycles. The van der Waals surface area contributed by atoms with Crippen molar-refractivity contribution in [2.75, 3.05) is 19.9 Å². The third-order valence-corrected chi connectivity index (χ3v) is 5.39. The Kier molecular flexibility index (Phi) is 3.13. The highest BCUT2D eigenvalue weighted by Crippen LogP contribution is 2.37. The van der Waals surface area contributed by atoms with Crippen LogP contribution in [0.4, 0.5) is 0 Å². The summed E-state index contributed by atoms with van der Waals surface area (Å²) in [6.07, 6.45) is 1.04. The van der Waals surface area contributed by atoms with Gasteiger partial charge in [0.05, 0.1) is 0 Å². The van der Waals surface area contributed by atoms with Crippen LogP contribution in [0.5, 0.6) is 11.5 Å². The predicted molar refractivity (Wildman–Crippen MR) is 90.0 cm³/mol. The number of amides is 1. The molecule has 1 saturated heterocycles. The van der Waals surface area contributed by atoms with Crippen LogP contribution in [0, 0.1) is 5.92 Å². The maximum absolute atomic E-state index is 13.0. The summed E-state index contributed by atoms with van der Waals surface area (Å²) in [6.45, 7) is 2.22. The molecule has 2 aromatic rings. The molecule has 6 heteroatoms. The van der Waals surface area contributed by atoms with Crippen LogP contribution in [0.2, 0.25) is 0 Å². The number of rotatable bonds is 1. The molecule has 1 aromatic heterocycles. The molecule has 1 aromatic carbocycles. The number of piperidine rings is 1. The van der Waals surface area contributed by atoms with E-state index in [1.807, 2.05) is 21.6 Å². The van der Waals surface area contributed by atoms with Crippen molar-refractivity contribution in [3.63, 3.8) is 0 Å². The molecule has 3 aliphatic heterocycles. The van der Waals surface area contributed by atoms with Crippen LogP contribution in [0.3, 0.4) is 0 Å². The summed E-state index contributed by atoms with van der Waals surface area (Å²) in [4.78, 5) is 27.0. The number of ether oxygens (including phenoxy) is 2. The van der Waals surface area contributed by atoms with E-state index in [4.69, 9.17) is 9.47 Å². The van der Waals surface area contributed by atoms with Crippen molar-refractivity contribution in [3.05, 3.63) is 58.0 Å². The fourth-order valence-electron chi connectivity index (χ4n) is 4.27. The van der Waals surface area contributed by atoms with Crippen LogP contribution in [0.25, 0.3) is 0 Å². The molecule has 0 unspecified atom stereocenters. The third-order valence-electron chi connectivity index (χ3n) is 5.39. The minimum Gasteiger partial charge on any atom is -0.454 e. The summed E-state index contributed by atoms with van der Waals surface area (Å²) in [5.74, 6) is 1.86. The molecule has 0 saturated carbocycles. The Labute approximate surface area is 144 Å². The van der Waals surface area contributed by atoms with Gasteiger partial charge in [-0.15, -0.1) is 0 Å². The minimum absolute atomic E-state index is 0.0136. The number of hydrogen-bond donors (Lipinski definition) is 0. The minimum atomic E-state index is 0.0136. The van der Waals surface area contributed by atoms with E-state index in [9.17, 15) is 9.59 Å². The van der Waals surface area contributed by atoms with Gasteiger partial charge in [-0.3, -0.25) is 9.59 Å². The number of nitrogens with zero attached hydrogens (tertiary/aromatic N) is 2. The van der Waals surface area contributed by atoms with Crippen LogP contribution in [0.15, 0.2) is 41.2 Å². The number of carbonyl (C=O) groups excluding carboxylic acids is 1. The van der Waals surface area contributed by atoms with Crippen LogP contribution in [-0.2, 0) is 6.54 Å². The number of hydrogen-bond acceptors (Lipinski definition) is 4. The second-order valence-corrected chi connectivity index (χ2v) is 6.98. The average molecular weight is 338 g/mol. The Morgan fingerprint density at radius 3 is 2.84 bits per heavy atom. The zero-order valence-electron chi connectivity index (χ0n) is 13.7. The number of likely N-dealkylation sites (tertiary alicyclic amines) is 1. The molecule has 2 atom stereocenters. The van der Waals surface area contributed by atoms with Gasteiger partial charge in [0.2, 0.25) is 6.79 Å². The zero-order chi connectivity index (χ0) is 17.0. The van der Waals surface area contributed by atoms with Gasteiger partial charge in [0.15, 0.2) is 11.5 Å². The molecule has 2 bridgehead atoms. The molecule has 1 amide bonds. The molecule has 0 spiro atoms. The van der Waals surface area contributed by atoms with Crippen molar-refractivity contribution in [3.8, 4) is 11.5 Å². The molecule has 0 aliphatic carbocycles. The van der Waals surface area contributed by atoms with Gasteiger partial charge in [0, 0.05) is 42.9 Å². The molecule has 6 nitrogen and oxygen atoms in total. The van der Waals surface area contributed by atoms with Crippen molar-refractivity contribution in [1.29, 1.82) is 0 Å². The quantitative estimate of drug-likeness (QED) is 0.796. The molecule has 3 aliphatic rings. The summed E-state index contributed by atoms with van der Waals surface area (Å²) < 4.78 is 12.6. The summed E-state index contributed by atoms with van der Waals surface area (Å²) in [5, 5.41) is 0. The van der Waals surface area contributed by atoms with Gasteiger partial charge in [-0.05, 0) is 36.6 Å². The van der Waals surface area contributed by atoms with Gasteiger partial charge in [-0.1, -0.05) is 6.07 Å². The largest absolute Gasteiger partial charge is 0.454 e. The Morgan fingerprint density at radius 2 is 1.92 bits per heavy atom. The van der Waals surface area contributed by atoms with Crippen molar-refractivity contribution in [1.82, 2.24) is 9.47 Å². The summed E-state index contributed by atoms with van der Waals surface area (Å²) in [5.41, 5.74) is 1.73. The number of carbonyl (C=O) groups is 1. The van der Waals surface area contributed by atoms with Crippen molar-refractivity contribution < 1.29 is 14.3 Å². The van der Waals surface area contributed by atoms with E-state index in [2.05, 4.69) is 0 Å². The summed E-state index contributed by atoms with van der Waals surface area (Å²) in [7, 11) is 0. The highest BCUT2D eigenvalue weighted by atomic mass is 16.7. The lowest BCUT2D eigenvalue weighted by Crippen LogP contribution is -2.49. The summed E-state index contributed by atoms with van der Waals surface area (Å²) in [6, 6.07) is 10.8. The monoisotopic (exact) mass is 338 g/mol. The molecule has 0 radical (unpaired) electrons. The predicted octanol–water partition coefficient (Wildman–Crippen LogP) is 1.84. The van der Waals surface area contributed by atoms with Crippen molar-refractivity contribution >= 4 is 5.91 Å². The van der Waals surface area contributed by atoms with Crippen LogP contribution in [0.1, 0.15) is 28.4 Å². The first-order valence-corrected chi connectivity index (χ1v) is 8.58. The number of pyridine rings is 1. The van der Waals surface area contributed by atoms with E-state index in [0.717, 1.165) is 12.1 Å². The molecule has 1 fully saturated rings. The fourth-order valence-corrected chi connectivity index (χ4v) is 4.27. The second kappa shape index (κ2) is 5.37. The van der Waals surface area contributed by atoms with Gasteiger partial charge in [0.25, 0.3) is 11.5 Å². The lowest BCUT2D eigenvalue weighted by atomic mass is 9.83. The number of aromatic nitrogens is 1. The molecule has 25 heavy (non-hydrogen) atoms. The fraction of sp³-hybridized carbons (Fsp3) is 0.368. The van der Waals surface area contributed by atoms with Crippen LogP contribution in [-0.4, -0.2) is 35.3 Å². The Hall–Kier alpha value is -2.76. The van der Waals surface area contributed by atoms with Gasteiger partial charge in [-0.2, -0.15) is 0 Å². The SMILES string of the molecule is O=C(c1ccc2c(c1)OCO2)N1C[C@@H]2C[C@H](C1)c1cccc(=O)n1C2. The standard InChI is InChI=1S/C19H18N2O4/c22-18-3-1-2-15-14-6-12(9-21(15)18)8-20(10-14)19(23)13-4-5-16-17(7-13)25-11-24-16/h1-5,7,12,14H,6,8-11H2/t12-,14+/m0/s1. The van der Waals surface area contributed by atoms with Gasteiger partial charge in [-0.25, -0.2) is 0 Å². The Bertz CT molecular complexity index is 920. The normalized spacial score (nSPS) is 23.3. The van der Waals surface area contributed by atoms with E-state index < -0.39 is 0 Å². The smallest absolute Gasteiger partial charge is 0.254 e. The second-order valence-electron chi connectivity index (χ2n) is 6.98. The highest BCUT2D eigenvalue weighted by molar-refractivity contribution is 5.95. The Morgan fingerprint density at radius 1 is 1.04 bits per heavy atom. The van der Waals surface area contributed by atoms with Gasteiger partial charge < -0.3 is 18.9 Å².